The Balaban J connectivity index is 1.68. The Labute approximate surface area is 151 Å². The predicted octanol–water partition coefficient (Wildman–Crippen LogP) is 3.50. The Morgan fingerprint density at radius 2 is 1.84 bits per heavy atom. The van der Waals surface area contributed by atoms with E-state index < -0.39 is 0 Å². The van der Waals surface area contributed by atoms with Gasteiger partial charge in [-0.25, -0.2) is 4.39 Å². The maximum atomic E-state index is 13.1. The summed E-state index contributed by atoms with van der Waals surface area (Å²) >= 11 is 1.40. The van der Waals surface area contributed by atoms with Crippen molar-refractivity contribution in [1.82, 2.24) is 19.7 Å². The summed E-state index contributed by atoms with van der Waals surface area (Å²) in [6.45, 7) is 4.24. The zero-order valence-electron chi connectivity index (χ0n) is 14.8. The normalized spacial score (nSPS) is 20.7. The topological polar surface area (TPSA) is 51.0 Å². The largest absolute Gasteiger partial charge is 0.337 e. The van der Waals surface area contributed by atoms with Gasteiger partial charge in [0.15, 0.2) is 11.0 Å². The number of piperidine rings is 1. The first-order valence-electron chi connectivity index (χ1n) is 8.56. The van der Waals surface area contributed by atoms with Gasteiger partial charge in [0.05, 0.1) is 5.75 Å². The Morgan fingerprint density at radius 1 is 1.20 bits per heavy atom. The highest BCUT2D eigenvalue weighted by molar-refractivity contribution is 7.99. The second-order valence-electron chi connectivity index (χ2n) is 6.59. The number of hydrogen-bond donors (Lipinski definition) is 0. The standard InChI is InChI=1S/C18H23FN4OS/c1-12-5-4-6-13(2)23(12)16(24)11-25-18-21-20-17(22(18)3)14-7-9-15(19)10-8-14/h7-10,12-13H,4-6,11H2,1-3H3/t12-,13-/m0/s1. The number of halogens is 1. The third kappa shape index (κ3) is 3.86. The number of thioether (sulfide) groups is 1. The molecule has 2 heterocycles. The summed E-state index contributed by atoms with van der Waals surface area (Å²) in [6, 6.07) is 6.75. The smallest absolute Gasteiger partial charge is 0.233 e. The molecule has 1 fully saturated rings. The van der Waals surface area contributed by atoms with Crippen molar-refractivity contribution >= 4 is 17.7 Å². The summed E-state index contributed by atoms with van der Waals surface area (Å²) in [4.78, 5) is 14.6. The van der Waals surface area contributed by atoms with Gasteiger partial charge in [0.25, 0.3) is 0 Å². The maximum Gasteiger partial charge on any atom is 0.233 e. The number of nitrogens with zero attached hydrogens (tertiary/aromatic N) is 4. The highest BCUT2D eigenvalue weighted by Gasteiger charge is 2.29. The molecular formula is C18H23FN4OS. The van der Waals surface area contributed by atoms with E-state index in [1.807, 2.05) is 16.5 Å². The number of likely N-dealkylation sites (tertiary alicyclic amines) is 1. The van der Waals surface area contributed by atoms with Crippen molar-refractivity contribution in [2.45, 2.75) is 50.4 Å². The first-order chi connectivity index (χ1) is 12.0. The van der Waals surface area contributed by atoms with E-state index in [0.717, 1.165) is 18.4 Å². The third-order valence-corrected chi connectivity index (χ3v) is 5.75. The molecule has 1 saturated heterocycles. The molecule has 0 aliphatic carbocycles. The number of aromatic nitrogens is 3. The van der Waals surface area contributed by atoms with Crippen molar-refractivity contribution in [3.05, 3.63) is 30.1 Å². The fourth-order valence-corrected chi connectivity index (χ4v) is 4.18. The van der Waals surface area contributed by atoms with Crippen molar-refractivity contribution in [2.75, 3.05) is 5.75 Å². The molecule has 25 heavy (non-hydrogen) atoms. The van der Waals surface area contributed by atoms with E-state index in [1.165, 1.54) is 30.3 Å². The number of rotatable bonds is 4. The lowest BCUT2D eigenvalue weighted by molar-refractivity contribution is -0.134. The van der Waals surface area contributed by atoms with Gasteiger partial charge in [0.1, 0.15) is 5.82 Å². The quantitative estimate of drug-likeness (QED) is 0.781. The van der Waals surface area contributed by atoms with Crippen LogP contribution in [0.2, 0.25) is 0 Å². The van der Waals surface area contributed by atoms with Crippen LogP contribution in [0, 0.1) is 5.82 Å². The molecule has 134 valence electrons. The van der Waals surface area contributed by atoms with Gasteiger partial charge in [-0.3, -0.25) is 4.79 Å². The van der Waals surface area contributed by atoms with E-state index in [-0.39, 0.29) is 11.7 Å². The molecule has 1 aliphatic rings. The number of hydrogen-bond acceptors (Lipinski definition) is 4. The van der Waals surface area contributed by atoms with Crippen molar-refractivity contribution in [3.63, 3.8) is 0 Å². The highest BCUT2D eigenvalue weighted by Crippen LogP contribution is 2.26. The number of amides is 1. The molecule has 1 amide bonds. The van der Waals surface area contributed by atoms with Crippen LogP contribution in [-0.4, -0.2) is 43.4 Å². The summed E-state index contributed by atoms with van der Waals surface area (Å²) in [7, 11) is 1.86. The minimum atomic E-state index is -0.282. The molecule has 0 radical (unpaired) electrons. The van der Waals surface area contributed by atoms with Crippen molar-refractivity contribution in [1.29, 1.82) is 0 Å². The fourth-order valence-electron chi connectivity index (χ4n) is 3.40. The van der Waals surface area contributed by atoms with Crippen molar-refractivity contribution in [3.8, 4) is 11.4 Å². The Kier molecular flexibility index (Phi) is 5.42. The molecule has 1 aliphatic heterocycles. The molecule has 7 heteroatoms. The number of carbonyl (C=O) groups is 1. The van der Waals surface area contributed by atoms with E-state index in [0.29, 0.717) is 28.8 Å². The van der Waals surface area contributed by atoms with Gasteiger partial charge in [-0.05, 0) is 57.4 Å². The van der Waals surface area contributed by atoms with Crippen molar-refractivity contribution < 1.29 is 9.18 Å². The lowest BCUT2D eigenvalue weighted by atomic mass is 9.98. The molecular weight excluding hydrogens is 339 g/mol. The van der Waals surface area contributed by atoms with Gasteiger partial charge in [-0.2, -0.15) is 0 Å². The number of benzene rings is 1. The zero-order valence-corrected chi connectivity index (χ0v) is 15.6. The molecule has 3 rings (SSSR count). The lowest BCUT2D eigenvalue weighted by Crippen LogP contribution is -2.48. The molecule has 0 bridgehead atoms. The van der Waals surface area contributed by atoms with Gasteiger partial charge in [-0.1, -0.05) is 11.8 Å². The van der Waals surface area contributed by atoms with Gasteiger partial charge in [0.2, 0.25) is 5.91 Å². The summed E-state index contributed by atoms with van der Waals surface area (Å²) in [6.07, 6.45) is 3.32. The lowest BCUT2D eigenvalue weighted by Gasteiger charge is -2.39. The predicted molar refractivity (Wildman–Crippen MR) is 96.7 cm³/mol. The average molecular weight is 362 g/mol. The van der Waals surface area contributed by atoms with E-state index in [9.17, 15) is 9.18 Å². The minimum Gasteiger partial charge on any atom is -0.337 e. The average Bonchev–Trinajstić information content (AvgIpc) is 2.94. The van der Waals surface area contributed by atoms with Crippen LogP contribution in [0.5, 0.6) is 0 Å². The summed E-state index contributed by atoms with van der Waals surface area (Å²) < 4.78 is 14.9. The molecule has 0 N–H and O–H groups in total. The van der Waals surface area contributed by atoms with Crippen LogP contribution in [0.25, 0.3) is 11.4 Å². The molecule has 0 saturated carbocycles. The fraction of sp³-hybridized carbons (Fsp3) is 0.500. The van der Waals surface area contributed by atoms with Crippen LogP contribution in [0.3, 0.4) is 0 Å². The van der Waals surface area contributed by atoms with E-state index in [2.05, 4.69) is 24.0 Å². The Hall–Kier alpha value is -1.89. The van der Waals surface area contributed by atoms with Gasteiger partial charge in [-0.15, -0.1) is 10.2 Å². The van der Waals surface area contributed by atoms with Crippen LogP contribution in [0.4, 0.5) is 4.39 Å². The summed E-state index contributed by atoms with van der Waals surface area (Å²) in [5, 5.41) is 9.05. The second-order valence-corrected chi connectivity index (χ2v) is 7.53. The van der Waals surface area contributed by atoms with Crippen molar-refractivity contribution in [2.24, 2.45) is 7.05 Å². The molecule has 2 aromatic rings. The summed E-state index contributed by atoms with van der Waals surface area (Å²) in [5.74, 6) is 0.880. The monoisotopic (exact) mass is 362 g/mol. The Bertz CT molecular complexity index is 736. The Morgan fingerprint density at radius 3 is 2.48 bits per heavy atom. The number of carbonyl (C=O) groups excluding carboxylic acids is 1. The van der Waals surface area contributed by atoms with Crippen LogP contribution >= 0.6 is 11.8 Å². The van der Waals surface area contributed by atoms with Gasteiger partial charge in [0, 0.05) is 24.7 Å². The first-order valence-corrected chi connectivity index (χ1v) is 9.55. The molecule has 0 spiro atoms. The molecule has 1 aromatic heterocycles. The molecule has 2 atom stereocenters. The van der Waals surface area contributed by atoms with Crippen LogP contribution < -0.4 is 0 Å². The molecule has 0 unspecified atom stereocenters. The first kappa shape index (κ1) is 17.9. The summed E-state index contributed by atoms with van der Waals surface area (Å²) in [5.41, 5.74) is 0.799. The molecule has 1 aromatic carbocycles. The van der Waals surface area contributed by atoms with E-state index in [4.69, 9.17) is 0 Å². The third-order valence-electron chi connectivity index (χ3n) is 4.74. The van der Waals surface area contributed by atoms with Gasteiger partial charge >= 0.3 is 0 Å². The van der Waals surface area contributed by atoms with Crippen LogP contribution in [-0.2, 0) is 11.8 Å². The van der Waals surface area contributed by atoms with E-state index in [1.54, 1.807) is 12.1 Å². The van der Waals surface area contributed by atoms with Crippen LogP contribution in [0.1, 0.15) is 33.1 Å². The maximum absolute atomic E-state index is 13.1. The van der Waals surface area contributed by atoms with Crippen LogP contribution in [0.15, 0.2) is 29.4 Å². The highest BCUT2D eigenvalue weighted by atomic mass is 32.2. The zero-order chi connectivity index (χ0) is 18.0. The SMILES string of the molecule is C[C@H]1CCC[C@H](C)N1C(=O)CSc1nnc(-c2ccc(F)cc2)n1C. The van der Waals surface area contributed by atoms with Gasteiger partial charge < -0.3 is 9.47 Å². The molecule has 5 nitrogen and oxygen atoms in total. The van der Waals surface area contributed by atoms with E-state index >= 15 is 0 Å². The second kappa shape index (κ2) is 7.56. The minimum absolute atomic E-state index is 0.149.